The van der Waals surface area contributed by atoms with Crippen LogP contribution in [-0.4, -0.2) is 26.7 Å². The summed E-state index contributed by atoms with van der Waals surface area (Å²) >= 11 is 0. The Morgan fingerprint density at radius 2 is 1.94 bits per heavy atom. The molecule has 0 aliphatic heterocycles. The van der Waals surface area contributed by atoms with Gasteiger partial charge in [-0.3, -0.25) is 4.99 Å². The van der Waals surface area contributed by atoms with Crippen LogP contribution < -0.4 is 20.9 Å². The van der Waals surface area contributed by atoms with E-state index < -0.39 is 0 Å². The molecule has 0 aliphatic carbocycles. The minimum atomic E-state index is 0. The van der Waals surface area contributed by atoms with Crippen molar-refractivity contribution in [2.45, 2.75) is 6.42 Å². The van der Waals surface area contributed by atoms with Crippen LogP contribution in [0.4, 0.5) is 0 Å². The highest BCUT2D eigenvalue weighted by Gasteiger charge is 2.04. The molecular weight excluding hydrogens is 333 g/mol. The number of nitrogens with two attached hydrogens (primary N) is 2. The van der Waals surface area contributed by atoms with E-state index in [0.717, 1.165) is 17.1 Å². The molecule has 17 heavy (non-hydrogen) atoms. The molecule has 1 aromatic rings. The third-order valence-corrected chi connectivity index (χ3v) is 2.16. The normalized spacial score (nSPS) is 9.06. The second kappa shape index (κ2) is 7.99. The lowest BCUT2D eigenvalue weighted by Crippen LogP contribution is -2.23. The molecule has 1 rings (SSSR count). The largest absolute Gasteiger partial charge is 0.497 e. The Kier molecular flexibility index (Phi) is 7.44. The first-order chi connectivity index (χ1) is 7.67. The fraction of sp³-hybridized carbons (Fsp3) is 0.364. The molecule has 0 spiro atoms. The summed E-state index contributed by atoms with van der Waals surface area (Å²) in [5, 5.41) is 0. The van der Waals surface area contributed by atoms with Crippen molar-refractivity contribution >= 4 is 29.9 Å². The fourth-order valence-electron chi connectivity index (χ4n) is 1.38. The van der Waals surface area contributed by atoms with Crippen LogP contribution in [0.2, 0.25) is 0 Å². The Bertz CT molecular complexity index is 379. The van der Waals surface area contributed by atoms with Gasteiger partial charge in [-0.2, -0.15) is 0 Å². The first-order valence-electron chi connectivity index (χ1n) is 4.93. The number of guanidine groups is 1. The summed E-state index contributed by atoms with van der Waals surface area (Å²) in [6, 6.07) is 5.63. The van der Waals surface area contributed by atoms with E-state index in [1.54, 1.807) is 14.2 Å². The Hall–Kier alpha value is -1.18. The van der Waals surface area contributed by atoms with E-state index in [1.807, 2.05) is 18.2 Å². The van der Waals surface area contributed by atoms with Crippen LogP contribution in [0.25, 0.3) is 0 Å². The maximum absolute atomic E-state index is 5.26. The second-order valence-electron chi connectivity index (χ2n) is 3.23. The molecular formula is C11H18IN3O2. The van der Waals surface area contributed by atoms with Crippen molar-refractivity contribution in [3.05, 3.63) is 23.8 Å². The minimum Gasteiger partial charge on any atom is -0.497 e. The molecule has 96 valence electrons. The zero-order valence-corrected chi connectivity index (χ0v) is 12.3. The second-order valence-corrected chi connectivity index (χ2v) is 3.23. The number of hydrogen-bond acceptors (Lipinski definition) is 3. The zero-order valence-electron chi connectivity index (χ0n) is 9.97. The molecule has 0 saturated carbocycles. The maximum atomic E-state index is 5.26. The molecule has 0 aromatic heterocycles. The number of hydrogen-bond donors (Lipinski definition) is 2. The van der Waals surface area contributed by atoms with Crippen LogP contribution in [0.15, 0.2) is 23.2 Å². The molecule has 4 N–H and O–H groups in total. The average Bonchev–Trinajstić information content (AvgIpc) is 2.28. The number of halogens is 1. The standard InChI is InChI=1S/C11H17N3O2.HI/c1-15-9-3-4-10(16-2)8(7-9)5-6-14-11(12)13;/h3-4,7H,5-6H2,1-2H3,(H4,12,13,14);1H. The average molecular weight is 351 g/mol. The molecule has 0 radical (unpaired) electrons. The van der Waals surface area contributed by atoms with E-state index >= 15 is 0 Å². The first kappa shape index (κ1) is 15.8. The highest BCUT2D eigenvalue weighted by atomic mass is 127. The predicted molar refractivity (Wildman–Crippen MR) is 79.3 cm³/mol. The molecule has 6 heteroatoms. The van der Waals surface area contributed by atoms with Gasteiger partial charge >= 0.3 is 0 Å². The molecule has 1 aromatic carbocycles. The Morgan fingerprint density at radius 1 is 1.24 bits per heavy atom. The van der Waals surface area contributed by atoms with Gasteiger partial charge in [-0.25, -0.2) is 0 Å². The van der Waals surface area contributed by atoms with Gasteiger partial charge in [-0.1, -0.05) is 0 Å². The molecule has 0 unspecified atom stereocenters. The smallest absolute Gasteiger partial charge is 0.185 e. The van der Waals surface area contributed by atoms with E-state index in [2.05, 4.69) is 4.99 Å². The van der Waals surface area contributed by atoms with Crippen molar-refractivity contribution in [2.75, 3.05) is 20.8 Å². The predicted octanol–water partition coefficient (Wildman–Crippen LogP) is 1.14. The highest BCUT2D eigenvalue weighted by molar-refractivity contribution is 14.0. The zero-order chi connectivity index (χ0) is 12.0. The Morgan fingerprint density at radius 3 is 2.47 bits per heavy atom. The lowest BCUT2D eigenvalue weighted by Gasteiger charge is -2.09. The van der Waals surface area contributed by atoms with Crippen LogP contribution >= 0.6 is 24.0 Å². The van der Waals surface area contributed by atoms with Gasteiger partial charge in [0.25, 0.3) is 0 Å². The number of nitrogens with zero attached hydrogens (tertiary/aromatic N) is 1. The lowest BCUT2D eigenvalue weighted by atomic mass is 10.1. The van der Waals surface area contributed by atoms with E-state index in [-0.39, 0.29) is 29.9 Å². The van der Waals surface area contributed by atoms with E-state index in [4.69, 9.17) is 20.9 Å². The summed E-state index contributed by atoms with van der Waals surface area (Å²) in [4.78, 5) is 3.93. The van der Waals surface area contributed by atoms with Gasteiger partial charge in [0.1, 0.15) is 11.5 Å². The van der Waals surface area contributed by atoms with Crippen molar-refractivity contribution in [1.29, 1.82) is 0 Å². The number of benzene rings is 1. The summed E-state index contributed by atoms with van der Waals surface area (Å²) < 4.78 is 10.4. The van der Waals surface area contributed by atoms with Gasteiger partial charge in [0.2, 0.25) is 0 Å². The summed E-state index contributed by atoms with van der Waals surface area (Å²) in [6.45, 7) is 0.534. The van der Waals surface area contributed by atoms with Crippen molar-refractivity contribution in [3.8, 4) is 11.5 Å². The van der Waals surface area contributed by atoms with E-state index in [0.29, 0.717) is 13.0 Å². The summed E-state index contributed by atoms with van der Waals surface area (Å²) in [6.07, 6.45) is 0.707. The number of methoxy groups -OCH3 is 2. The van der Waals surface area contributed by atoms with Crippen LogP contribution in [0.5, 0.6) is 11.5 Å². The Labute approximate surface area is 118 Å². The topological polar surface area (TPSA) is 82.9 Å². The number of ether oxygens (including phenoxy) is 2. The quantitative estimate of drug-likeness (QED) is 0.473. The van der Waals surface area contributed by atoms with Gasteiger partial charge in [0.15, 0.2) is 5.96 Å². The molecule has 0 amide bonds. The summed E-state index contributed by atoms with van der Waals surface area (Å²) in [7, 11) is 3.26. The van der Waals surface area contributed by atoms with Crippen molar-refractivity contribution in [3.63, 3.8) is 0 Å². The highest BCUT2D eigenvalue weighted by Crippen LogP contribution is 2.24. The summed E-state index contributed by atoms with van der Waals surface area (Å²) in [5.41, 5.74) is 11.5. The molecule has 5 nitrogen and oxygen atoms in total. The van der Waals surface area contributed by atoms with Crippen LogP contribution in [0.1, 0.15) is 5.56 Å². The van der Waals surface area contributed by atoms with Gasteiger partial charge in [0.05, 0.1) is 14.2 Å². The van der Waals surface area contributed by atoms with Crippen LogP contribution in [0, 0.1) is 0 Å². The summed E-state index contributed by atoms with van der Waals surface area (Å²) in [5.74, 6) is 1.70. The third kappa shape index (κ3) is 5.12. The van der Waals surface area contributed by atoms with E-state index in [1.165, 1.54) is 0 Å². The van der Waals surface area contributed by atoms with Gasteiger partial charge in [0, 0.05) is 6.54 Å². The van der Waals surface area contributed by atoms with Gasteiger partial charge in [-0.15, -0.1) is 24.0 Å². The number of rotatable bonds is 5. The molecule has 0 bridgehead atoms. The van der Waals surface area contributed by atoms with Gasteiger partial charge in [-0.05, 0) is 30.2 Å². The van der Waals surface area contributed by atoms with Crippen molar-refractivity contribution < 1.29 is 9.47 Å². The molecule has 0 atom stereocenters. The third-order valence-electron chi connectivity index (χ3n) is 2.16. The lowest BCUT2D eigenvalue weighted by molar-refractivity contribution is 0.399. The van der Waals surface area contributed by atoms with Crippen molar-refractivity contribution in [1.82, 2.24) is 0 Å². The molecule has 0 aliphatic rings. The maximum Gasteiger partial charge on any atom is 0.185 e. The minimum absolute atomic E-state index is 0. The van der Waals surface area contributed by atoms with E-state index in [9.17, 15) is 0 Å². The molecule has 0 heterocycles. The van der Waals surface area contributed by atoms with Crippen molar-refractivity contribution in [2.24, 2.45) is 16.5 Å². The SMILES string of the molecule is COc1ccc(OC)c(CCN=C(N)N)c1.I. The van der Waals surface area contributed by atoms with Crippen LogP contribution in [0.3, 0.4) is 0 Å². The number of aliphatic imine (C=N–C) groups is 1. The molecule has 0 saturated heterocycles. The monoisotopic (exact) mass is 351 g/mol. The van der Waals surface area contributed by atoms with Gasteiger partial charge < -0.3 is 20.9 Å². The first-order valence-corrected chi connectivity index (χ1v) is 4.93. The molecule has 0 fully saturated rings. The van der Waals surface area contributed by atoms with Crippen LogP contribution in [-0.2, 0) is 6.42 Å². The fourth-order valence-corrected chi connectivity index (χ4v) is 1.38. The Balaban J connectivity index is 0.00000256.